The maximum absolute atomic E-state index is 12.6. The first-order chi connectivity index (χ1) is 13.2. The van der Waals surface area contributed by atoms with Crippen LogP contribution in [0, 0.1) is 0 Å². The Morgan fingerprint density at radius 1 is 1.07 bits per heavy atom. The number of nitrogens with zero attached hydrogens (tertiary/aromatic N) is 4. The number of carbonyl (C=O) groups excluding carboxylic acids is 1. The van der Waals surface area contributed by atoms with Crippen LogP contribution in [0.3, 0.4) is 0 Å². The van der Waals surface area contributed by atoms with Gasteiger partial charge in [-0.05, 0) is 30.5 Å². The second-order valence-electron chi connectivity index (χ2n) is 6.76. The fraction of sp³-hybridized carbons (Fsp3) is 0.300. The van der Waals surface area contributed by atoms with E-state index in [1.165, 1.54) is 0 Å². The monoisotopic (exact) mass is 363 g/mol. The zero-order valence-corrected chi connectivity index (χ0v) is 14.9. The van der Waals surface area contributed by atoms with Crippen molar-refractivity contribution in [3.05, 3.63) is 82.3 Å². The number of carbonyl (C=O) groups is 1. The molecule has 1 N–H and O–H groups in total. The maximum atomic E-state index is 12.6. The van der Waals surface area contributed by atoms with Crippen LogP contribution in [0.4, 0.5) is 0 Å². The Morgan fingerprint density at radius 3 is 2.48 bits per heavy atom. The smallest absolute Gasteiger partial charge is 0.339 e. The van der Waals surface area contributed by atoms with Gasteiger partial charge in [-0.3, -0.25) is 14.3 Å². The summed E-state index contributed by atoms with van der Waals surface area (Å²) in [6.07, 6.45) is 4.84. The third kappa shape index (κ3) is 3.67. The predicted octanol–water partition coefficient (Wildman–Crippen LogP) is 2.03. The zero-order valence-electron chi connectivity index (χ0n) is 14.9. The summed E-state index contributed by atoms with van der Waals surface area (Å²) < 4.78 is 1.71. The van der Waals surface area contributed by atoms with Gasteiger partial charge in [-0.25, -0.2) is 9.89 Å². The summed E-state index contributed by atoms with van der Waals surface area (Å²) in [6, 6.07) is 13.3. The van der Waals surface area contributed by atoms with Crippen molar-refractivity contribution in [1.29, 1.82) is 0 Å². The summed E-state index contributed by atoms with van der Waals surface area (Å²) in [7, 11) is 0. The number of aromatic amines is 1. The van der Waals surface area contributed by atoms with Crippen LogP contribution in [0.2, 0.25) is 0 Å². The number of hydrogen-bond acceptors (Lipinski definition) is 4. The molecule has 0 bridgehead atoms. The summed E-state index contributed by atoms with van der Waals surface area (Å²) in [5, 5.41) is 6.86. The van der Waals surface area contributed by atoms with E-state index in [1.54, 1.807) is 29.1 Å². The maximum Gasteiger partial charge on any atom is 0.343 e. The molecule has 1 fully saturated rings. The van der Waals surface area contributed by atoms with Crippen molar-refractivity contribution >= 4 is 5.91 Å². The molecule has 4 rings (SSSR count). The van der Waals surface area contributed by atoms with Crippen molar-refractivity contribution in [2.24, 2.45) is 0 Å². The molecule has 1 amide bonds. The molecule has 0 atom stereocenters. The Balaban J connectivity index is 1.46. The molecule has 1 aromatic carbocycles. The first-order valence-corrected chi connectivity index (χ1v) is 9.10. The molecule has 7 heteroatoms. The summed E-state index contributed by atoms with van der Waals surface area (Å²) in [5.74, 6) is 0.966. The van der Waals surface area contributed by atoms with E-state index in [-0.39, 0.29) is 17.5 Å². The largest absolute Gasteiger partial charge is 0.343 e. The Hall–Kier alpha value is -3.22. The minimum atomic E-state index is -0.191. The highest BCUT2D eigenvalue weighted by Gasteiger charge is 2.28. The number of likely N-dealkylation sites (tertiary alicyclic amines) is 1. The molecule has 3 heterocycles. The number of hydrogen-bond donors (Lipinski definition) is 1. The lowest BCUT2D eigenvalue weighted by Gasteiger charge is -2.31. The lowest BCUT2D eigenvalue weighted by atomic mass is 9.95. The molecular formula is C20H21N5O2. The molecule has 1 saturated heterocycles. The minimum Gasteiger partial charge on any atom is -0.339 e. The lowest BCUT2D eigenvalue weighted by molar-refractivity contribution is 0.0710. The molecule has 2 aromatic heterocycles. The van der Waals surface area contributed by atoms with Gasteiger partial charge >= 0.3 is 5.69 Å². The SMILES string of the molecule is O=C(c1ccncc1)N1CCC(c2n[nH]c(=O)n2Cc2ccccc2)CC1. The van der Waals surface area contributed by atoms with E-state index >= 15 is 0 Å². The van der Waals surface area contributed by atoms with Gasteiger partial charge in [0.25, 0.3) is 5.91 Å². The molecular weight excluding hydrogens is 342 g/mol. The molecule has 7 nitrogen and oxygen atoms in total. The van der Waals surface area contributed by atoms with Crippen molar-refractivity contribution in [2.75, 3.05) is 13.1 Å². The Morgan fingerprint density at radius 2 is 1.78 bits per heavy atom. The summed E-state index contributed by atoms with van der Waals surface area (Å²) in [6.45, 7) is 1.80. The summed E-state index contributed by atoms with van der Waals surface area (Å²) in [5.41, 5.74) is 1.53. The van der Waals surface area contributed by atoms with Gasteiger partial charge in [0.2, 0.25) is 0 Å². The molecule has 27 heavy (non-hydrogen) atoms. The van der Waals surface area contributed by atoms with E-state index < -0.39 is 0 Å². The van der Waals surface area contributed by atoms with Crippen LogP contribution in [-0.2, 0) is 6.54 Å². The first-order valence-electron chi connectivity index (χ1n) is 9.10. The number of rotatable bonds is 4. The Labute approximate surface area is 156 Å². The number of amides is 1. The van der Waals surface area contributed by atoms with Crippen molar-refractivity contribution < 1.29 is 4.79 Å². The molecule has 0 unspecified atom stereocenters. The summed E-state index contributed by atoms with van der Waals surface area (Å²) >= 11 is 0. The third-order valence-corrected chi connectivity index (χ3v) is 5.05. The molecule has 3 aromatic rings. The summed E-state index contributed by atoms with van der Waals surface area (Å²) in [4.78, 5) is 30.6. The number of pyridine rings is 1. The van der Waals surface area contributed by atoms with Gasteiger partial charge < -0.3 is 4.90 Å². The fourth-order valence-corrected chi connectivity index (χ4v) is 3.58. The van der Waals surface area contributed by atoms with E-state index in [2.05, 4.69) is 15.2 Å². The standard InChI is InChI=1S/C20H21N5O2/c26-19(17-6-10-21-11-7-17)24-12-8-16(9-13-24)18-22-23-20(27)25(18)14-15-4-2-1-3-5-15/h1-7,10-11,16H,8-9,12-14H2,(H,23,27). The van der Waals surface area contributed by atoms with E-state index in [1.807, 2.05) is 35.2 Å². The second-order valence-corrected chi connectivity index (χ2v) is 6.76. The van der Waals surface area contributed by atoms with Crippen LogP contribution in [0.15, 0.2) is 59.7 Å². The fourth-order valence-electron chi connectivity index (χ4n) is 3.58. The quantitative estimate of drug-likeness (QED) is 0.769. The number of benzene rings is 1. The van der Waals surface area contributed by atoms with Crippen molar-refractivity contribution in [3.63, 3.8) is 0 Å². The molecule has 138 valence electrons. The van der Waals surface area contributed by atoms with Gasteiger partial charge in [-0.2, -0.15) is 5.10 Å². The number of piperidine rings is 1. The number of nitrogens with one attached hydrogen (secondary N) is 1. The van der Waals surface area contributed by atoms with Crippen molar-refractivity contribution in [3.8, 4) is 0 Å². The highest BCUT2D eigenvalue weighted by molar-refractivity contribution is 5.94. The number of H-pyrrole nitrogens is 1. The van der Waals surface area contributed by atoms with Gasteiger partial charge in [0.1, 0.15) is 5.82 Å². The van der Waals surface area contributed by atoms with E-state index in [0.717, 1.165) is 24.2 Å². The van der Waals surface area contributed by atoms with Gasteiger partial charge in [-0.15, -0.1) is 0 Å². The average molecular weight is 363 g/mol. The Kier molecular flexibility index (Phi) is 4.82. The molecule has 0 aliphatic carbocycles. The Bertz CT molecular complexity index is 957. The van der Waals surface area contributed by atoms with E-state index in [4.69, 9.17) is 0 Å². The topological polar surface area (TPSA) is 83.9 Å². The predicted molar refractivity (Wildman–Crippen MR) is 101 cm³/mol. The lowest BCUT2D eigenvalue weighted by Crippen LogP contribution is -2.38. The normalized spacial score (nSPS) is 15.0. The van der Waals surface area contributed by atoms with Crippen LogP contribution in [0.5, 0.6) is 0 Å². The van der Waals surface area contributed by atoms with Gasteiger partial charge in [-0.1, -0.05) is 30.3 Å². The van der Waals surface area contributed by atoms with Gasteiger partial charge in [0.15, 0.2) is 0 Å². The average Bonchev–Trinajstić information content (AvgIpc) is 3.09. The van der Waals surface area contributed by atoms with Crippen molar-refractivity contribution in [1.82, 2.24) is 24.6 Å². The van der Waals surface area contributed by atoms with Crippen LogP contribution in [0.25, 0.3) is 0 Å². The number of aromatic nitrogens is 4. The molecule has 0 radical (unpaired) electrons. The van der Waals surface area contributed by atoms with Crippen molar-refractivity contribution in [2.45, 2.75) is 25.3 Å². The van der Waals surface area contributed by atoms with E-state index in [9.17, 15) is 9.59 Å². The molecule has 0 saturated carbocycles. The first kappa shape index (κ1) is 17.2. The highest BCUT2D eigenvalue weighted by Crippen LogP contribution is 2.27. The van der Waals surface area contributed by atoms with Crippen LogP contribution >= 0.6 is 0 Å². The van der Waals surface area contributed by atoms with Gasteiger partial charge in [0.05, 0.1) is 6.54 Å². The van der Waals surface area contributed by atoms with E-state index in [0.29, 0.717) is 25.2 Å². The molecule has 1 aliphatic heterocycles. The van der Waals surface area contributed by atoms with Crippen LogP contribution < -0.4 is 5.69 Å². The van der Waals surface area contributed by atoms with Crippen LogP contribution in [0.1, 0.15) is 40.5 Å². The van der Waals surface area contributed by atoms with Crippen LogP contribution in [-0.4, -0.2) is 43.6 Å². The molecule has 0 spiro atoms. The second kappa shape index (κ2) is 7.57. The third-order valence-electron chi connectivity index (χ3n) is 5.05. The zero-order chi connectivity index (χ0) is 18.6. The molecule has 1 aliphatic rings. The highest BCUT2D eigenvalue weighted by atomic mass is 16.2. The van der Waals surface area contributed by atoms with Gasteiger partial charge in [0, 0.05) is 37.0 Å². The minimum absolute atomic E-state index is 0.0274.